The Morgan fingerprint density at radius 1 is 1.22 bits per heavy atom. The molecular weight excluding hydrogens is 346 g/mol. The molecule has 1 aromatic carbocycles. The highest BCUT2D eigenvalue weighted by atomic mass is 16.6. The summed E-state index contributed by atoms with van der Waals surface area (Å²) in [6.45, 7) is 6.29. The molecule has 1 heterocycles. The summed E-state index contributed by atoms with van der Waals surface area (Å²) in [6.07, 6.45) is 6.25. The van der Waals surface area contributed by atoms with Gasteiger partial charge in [0.1, 0.15) is 24.2 Å². The van der Waals surface area contributed by atoms with Crippen LogP contribution < -0.4 is 4.74 Å². The van der Waals surface area contributed by atoms with Gasteiger partial charge in [0.05, 0.1) is 12.2 Å². The lowest BCUT2D eigenvalue weighted by Crippen LogP contribution is -2.28. The number of ether oxygens (including phenoxy) is 2. The van der Waals surface area contributed by atoms with Crippen LogP contribution in [0.25, 0.3) is 11.4 Å². The maximum Gasteiger partial charge on any atom is 0.347 e. The number of hydrogen-bond donors (Lipinski definition) is 1. The number of phenolic OH excluding ortho intramolecular Hbond substituents is 1. The van der Waals surface area contributed by atoms with Crippen LogP contribution in [0.5, 0.6) is 11.5 Å². The van der Waals surface area contributed by atoms with Gasteiger partial charge in [-0.15, -0.1) is 0 Å². The second-order valence-corrected chi connectivity index (χ2v) is 6.45. The summed E-state index contributed by atoms with van der Waals surface area (Å²) in [5.41, 5.74) is 0.460. The summed E-state index contributed by atoms with van der Waals surface area (Å²) in [6, 6.07) is 4.72. The zero-order chi connectivity index (χ0) is 19.6. The maximum atomic E-state index is 12.2. The Balaban J connectivity index is 1.92. The molecule has 0 saturated carbocycles. The van der Waals surface area contributed by atoms with E-state index in [0.717, 1.165) is 25.7 Å². The van der Waals surface area contributed by atoms with Gasteiger partial charge in [-0.05, 0) is 31.4 Å². The lowest BCUT2D eigenvalue weighted by molar-refractivity contribution is -0.152. The van der Waals surface area contributed by atoms with Gasteiger partial charge in [-0.25, -0.2) is 19.7 Å². The number of hydrogen-bond acceptors (Lipinski definition) is 7. The van der Waals surface area contributed by atoms with E-state index in [1.807, 2.05) is 0 Å². The summed E-state index contributed by atoms with van der Waals surface area (Å²) in [5.74, 6) is 0.660. The van der Waals surface area contributed by atoms with Crippen LogP contribution >= 0.6 is 0 Å². The van der Waals surface area contributed by atoms with E-state index >= 15 is 0 Å². The Morgan fingerprint density at radius 3 is 2.59 bits per heavy atom. The van der Waals surface area contributed by atoms with Crippen molar-refractivity contribution in [3.63, 3.8) is 0 Å². The summed E-state index contributed by atoms with van der Waals surface area (Å²) < 4.78 is 11.0. The van der Waals surface area contributed by atoms with Crippen LogP contribution in [0.2, 0.25) is 0 Å². The van der Waals surface area contributed by atoms with Crippen molar-refractivity contribution in [2.45, 2.75) is 52.6 Å². The molecule has 0 amide bonds. The Labute approximate surface area is 159 Å². The van der Waals surface area contributed by atoms with E-state index in [0.29, 0.717) is 29.7 Å². The first-order valence-electron chi connectivity index (χ1n) is 9.33. The fourth-order valence-electron chi connectivity index (χ4n) is 2.62. The van der Waals surface area contributed by atoms with Crippen LogP contribution in [0.15, 0.2) is 30.9 Å². The molecule has 7 heteroatoms. The largest absolute Gasteiger partial charge is 0.507 e. The van der Waals surface area contributed by atoms with Crippen molar-refractivity contribution in [2.75, 3.05) is 6.61 Å². The SMILES string of the molecule is CCCCC(CC)COC(=O)C(C)Oc1ccc(-c2ncncn2)c(O)c1. The van der Waals surface area contributed by atoms with E-state index in [4.69, 9.17) is 9.47 Å². The fourth-order valence-corrected chi connectivity index (χ4v) is 2.62. The van der Waals surface area contributed by atoms with Gasteiger partial charge in [-0.3, -0.25) is 0 Å². The number of aromatic nitrogens is 3. The number of carbonyl (C=O) groups excluding carboxylic acids is 1. The molecule has 0 spiro atoms. The number of carbonyl (C=O) groups is 1. The second kappa shape index (κ2) is 10.4. The minimum absolute atomic E-state index is 0.0371. The summed E-state index contributed by atoms with van der Waals surface area (Å²) in [4.78, 5) is 23.9. The molecule has 7 nitrogen and oxygen atoms in total. The first-order chi connectivity index (χ1) is 13.0. The van der Waals surface area contributed by atoms with Crippen molar-refractivity contribution < 1.29 is 19.4 Å². The van der Waals surface area contributed by atoms with Crippen molar-refractivity contribution in [3.05, 3.63) is 30.9 Å². The van der Waals surface area contributed by atoms with Crippen molar-refractivity contribution in [1.29, 1.82) is 0 Å². The van der Waals surface area contributed by atoms with Crippen molar-refractivity contribution >= 4 is 5.97 Å². The van der Waals surface area contributed by atoms with Crippen molar-refractivity contribution in [3.8, 4) is 22.9 Å². The Morgan fingerprint density at radius 2 is 1.96 bits per heavy atom. The molecule has 2 atom stereocenters. The fraction of sp³-hybridized carbons (Fsp3) is 0.500. The summed E-state index contributed by atoms with van der Waals surface area (Å²) in [5, 5.41) is 10.2. The minimum Gasteiger partial charge on any atom is -0.507 e. The molecule has 0 radical (unpaired) electrons. The monoisotopic (exact) mass is 373 g/mol. The van der Waals surface area contributed by atoms with Gasteiger partial charge >= 0.3 is 5.97 Å². The normalized spacial score (nSPS) is 13.0. The number of aromatic hydroxyl groups is 1. The smallest absolute Gasteiger partial charge is 0.347 e. The molecule has 0 aliphatic carbocycles. The van der Waals surface area contributed by atoms with Gasteiger partial charge in [0, 0.05) is 6.07 Å². The molecule has 2 unspecified atom stereocenters. The molecule has 2 aromatic rings. The molecule has 146 valence electrons. The quantitative estimate of drug-likeness (QED) is 0.633. The van der Waals surface area contributed by atoms with E-state index in [-0.39, 0.29) is 5.75 Å². The van der Waals surface area contributed by atoms with Crippen molar-refractivity contribution in [1.82, 2.24) is 15.0 Å². The van der Waals surface area contributed by atoms with Crippen LogP contribution in [-0.4, -0.2) is 38.7 Å². The number of esters is 1. The van der Waals surface area contributed by atoms with Crippen LogP contribution in [0.1, 0.15) is 46.5 Å². The van der Waals surface area contributed by atoms with Crippen LogP contribution in [0.3, 0.4) is 0 Å². The standard InChI is InChI=1S/C20H27N3O4/c1-4-6-7-15(5-2)11-26-20(25)14(3)27-16-8-9-17(18(24)10-16)19-22-12-21-13-23-19/h8-10,12-15,24H,4-7,11H2,1-3H3. The van der Waals surface area contributed by atoms with E-state index in [1.54, 1.807) is 19.1 Å². The second-order valence-electron chi connectivity index (χ2n) is 6.45. The number of unbranched alkanes of at least 4 members (excludes halogenated alkanes) is 1. The number of nitrogens with zero attached hydrogens (tertiary/aromatic N) is 3. The zero-order valence-corrected chi connectivity index (χ0v) is 16.1. The van der Waals surface area contributed by atoms with E-state index in [2.05, 4.69) is 28.8 Å². The Hall–Kier alpha value is -2.70. The van der Waals surface area contributed by atoms with Crippen LogP contribution in [-0.2, 0) is 9.53 Å². The highest BCUT2D eigenvalue weighted by Gasteiger charge is 2.19. The predicted octanol–water partition coefficient (Wildman–Crippen LogP) is 3.77. The first-order valence-corrected chi connectivity index (χ1v) is 9.33. The number of rotatable bonds is 10. The third kappa shape index (κ3) is 6.20. The Kier molecular flexibility index (Phi) is 7.98. The molecule has 2 rings (SSSR count). The highest BCUT2D eigenvalue weighted by Crippen LogP contribution is 2.30. The lowest BCUT2D eigenvalue weighted by Gasteiger charge is -2.18. The average molecular weight is 373 g/mol. The van der Waals surface area contributed by atoms with E-state index in [1.165, 1.54) is 18.7 Å². The predicted molar refractivity (Wildman–Crippen MR) is 101 cm³/mol. The van der Waals surface area contributed by atoms with Gasteiger partial charge in [0.25, 0.3) is 0 Å². The van der Waals surface area contributed by atoms with Crippen LogP contribution in [0.4, 0.5) is 0 Å². The minimum atomic E-state index is -0.767. The van der Waals surface area contributed by atoms with E-state index in [9.17, 15) is 9.90 Å². The number of benzene rings is 1. The van der Waals surface area contributed by atoms with Gasteiger partial charge in [0.15, 0.2) is 11.9 Å². The van der Waals surface area contributed by atoms with Gasteiger partial charge in [-0.2, -0.15) is 0 Å². The molecule has 0 fully saturated rings. The summed E-state index contributed by atoms with van der Waals surface area (Å²) >= 11 is 0. The first kappa shape index (κ1) is 20.6. The third-order valence-electron chi connectivity index (χ3n) is 4.35. The molecule has 0 aliphatic rings. The third-order valence-corrected chi connectivity index (χ3v) is 4.35. The molecule has 0 aliphatic heterocycles. The van der Waals surface area contributed by atoms with Gasteiger partial charge in [-0.1, -0.05) is 33.1 Å². The maximum absolute atomic E-state index is 12.2. The zero-order valence-electron chi connectivity index (χ0n) is 16.1. The van der Waals surface area contributed by atoms with Gasteiger partial charge < -0.3 is 14.6 Å². The average Bonchev–Trinajstić information content (AvgIpc) is 2.68. The molecule has 1 N–H and O–H groups in total. The molecule has 0 bridgehead atoms. The van der Waals surface area contributed by atoms with Crippen molar-refractivity contribution in [2.24, 2.45) is 5.92 Å². The molecular formula is C20H27N3O4. The molecule has 0 saturated heterocycles. The van der Waals surface area contributed by atoms with E-state index < -0.39 is 12.1 Å². The van der Waals surface area contributed by atoms with Gasteiger partial charge in [0.2, 0.25) is 0 Å². The summed E-state index contributed by atoms with van der Waals surface area (Å²) in [7, 11) is 0. The highest BCUT2D eigenvalue weighted by molar-refractivity contribution is 5.74. The lowest BCUT2D eigenvalue weighted by atomic mass is 10.0. The molecule has 1 aromatic heterocycles. The molecule has 27 heavy (non-hydrogen) atoms. The van der Waals surface area contributed by atoms with Crippen LogP contribution in [0, 0.1) is 5.92 Å². The Bertz CT molecular complexity index is 724. The number of phenols is 1. The topological polar surface area (TPSA) is 94.4 Å².